The second-order valence-electron chi connectivity index (χ2n) is 6.05. The van der Waals surface area contributed by atoms with Gasteiger partial charge in [0.15, 0.2) is 0 Å². The molecule has 0 amide bonds. The van der Waals surface area contributed by atoms with E-state index in [0.717, 1.165) is 11.6 Å². The first-order chi connectivity index (χ1) is 10.2. The fraction of sp³-hybridized carbons (Fsp3) is 0.684. The summed E-state index contributed by atoms with van der Waals surface area (Å²) >= 11 is 6.42. The molecule has 1 nitrogen and oxygen atoms in total. The van der Waals surface area contributed by atoms with E-state index in [1.807, 2.05) is 0 Å². The van der Waals surface area contributed by atoms with Gasteiger partial charge in [0.05, 0.1) is 0 Å². The minimum absolute atomic E-state index is 0.402. The molecule has 0 aliphatic carbocycles. The lowest BCUT2D eigenvalue weighted by Gasteiger charge is -2.20. The molecule has 0 heterocycles. The van der Waals surface area contributed by atoms with Gasteiger partial charge in [0, 0.05) is 11.1 Å². The lowest BCUT2D eigenvalue weighted by Crippen LogP contribution is -2.21. The van der Waals surface area contributed by atoms with Gasteiger partial charge in [0.2, 0.25) is 0 Å². The van der Waals surface area contributed by atoms with Crippen LogP contribution >= 0.6 is 11.6 Å². The summed E-state index contributed by atoms with van der Waals surface area (Å²) in [6.07, 6.45) is 10.7. The Kier molecular flexibility index (Phi) is 9.78. The van der Waals surface area contributed by atoms with Crippen molar-refractivity contribution in [3.63, 3.8) is 0 Å². The predicted molar refractivity (Wildman–Crippen MR) is 95.2 cm³/mol. The second-order valence-corrected chi connectivity index (χ2v) is 6.45. The normalized spacial score (nSPS) is 12.6. The van der Waals surface area contributed by atoms with Gasteiger partial charge in [-0.05, 0) is 37.1 Å². The van der Waals surface area contributed by atoms with Gasteiger partial charge in [0.1, 0.15) is 0 Å². The number of nitrogens with one attached hydrogen (secondary N) is 1. The van der Waals surface area contributed by atoms with Crippen molar-refractivity contribution in [3.8, 4) is 0 Å². The molecule has 0 aromatic heterocycles. The highest BCUT2D eigenvalue weighted by Crippen LogP contribution is 2.28. The van der Waals surface area contributed by atoms with Gasteiger partial charge < -0.3 is 5.32 Å². The predicted octanol–water partition coefficient (Wildman–Crippen LogP) is 6.44. The molecule has 1 aromatic rings. The van der Waals surface area contributed by atoms with Crippen LogP contribution in [0.2, 0.25) is 5.02 Å². The molecular weight excluding hydrogens is 278 g/mol. The van der Waals surface area contributed by atoms with Gasteiger partial charge in [-0.1, -0.05) is 82.5 Å². The Bertz CT molecular complexity index is 389. The Morgan fingerprint density at radius 1 is 1.00 bits per heavy atom. The highest BCUT2D eigenvalue weighted by atomic mass is 35.5. The maximum absolute atomic E-state index is 6.42. The first-order valence-corrected chi connectivity index (χ1v) is 9.06. The molecule has 0 radical (unpaired) electrons. The topological polar surface area (TPSA) is 12.0 Å². The van der Waals surface area contributed by atoms with Crippen LogP contribution < -0.4 is 5.32 Å². The average Bonchev–Trinajstić information content (AvgIpc) is 2.45. The second kappa shape index (κ2) is 11.1. The Morgan fingerprint density at radius 2 is 1.67 bits per heavy atom. The summed E-state index contributed by atoms with van der Waals surface area (Å²) in [5.74, 6) is 0. The van der Waals surface area contributed by atoms with E-state index >= 15 is 0 Å². The highest BCUT2D eigenvalue weighted by Gasteiger charge is 2.13. The Balaban J connectivity index is 2.39. The smallest absolute Gasteiger partial charge is 0.0456 e. The molecule has 0 spiro atoms. The monoisotopic (exact) mass is 309 g/mol. The summed E-state index contributed by atoms with van der Waals surface area (Å²) in [6, 6.07) is 6.83. The molecule has 1 N–H and O–H groups in total. The first kappa shape index (κ1) is 18.5. The number of hydrogen-bond acceptors (Lipinski definition) is 1. The van der Waals surface area contributed by atoms with Crippen LogP contribution in [0.15, 0.2) is 18.2 Å². The van der Waals surface area contributed by atoms with Crippen LogP contribution in [0.25, 0.3) is 0 Å². The fourth-order valence-electron chi connectivity index (χ4n) is 2.83. The highest BCUT2D eigenvalue weighted by molar-refractivity contribution is 6.31. The van der Waals surface area contributed by atoms with E-state index in [1.54, 1.807) is 0 Å². The molecule has 0 aliphatic rings. The Morgan fingerprint density at radius 3 is 2.29 bits per heavy atom. The van der Waals surface area contributed by atoms with Gasteiger partial charge in [-0.2, -0.15) is 0 Å². The summed E-state index contributed by atoms with van der Waals surface area (Å²) in [7, 11) is 0. The van der Waals surface area contributed by atoms with Crippen molar-refractivity contribution >= 4 is 11.6 Å². The zero-order chi connectivity index (χ0) is 15.5. The quantitative estimate of drug-likeness (QED) is 0.464. The van der Waals surface area contributed by atoms with Gasteiger partial charge in [0.25, 0.3) is 0 Å². The molecule has 0 fully saturated rings. The number of halogens is 1. The van der Waals surface area contributed by atoms with Crippen LogP contribution in [-0.4, -0.2) is 6.54 Å². The average molecular weight is 310 g/mol. The van der Waals surface area contributed by atoms with Crippen molar-refractivity contribution in [1.82, 2.24) is 5.32 Å². The van der Waals surface area contributed by atoms with E-state index in [1.165, 1.54) is 62.5 Å². The number of hydrogen-bond donors (Lipinski definition) is 1. The van der Waals surface area contributed by atoms with Crippen LogP contribution in [-0.2, 0) is 0 Å². The summed E-state index contributed by atoms with van der Waals surface area (Å²) in [4.78, 5) is 0. The maximum Gasteiger partial charge on any atom is 0.0456 e. The molecule has 1 rings (SSSR count). The third-order valence-electron chi connectivity index (χ3n) is 4.08. The lowest BCUT2D eigenvalue weighted by molar-refractivity contribution is 0.476. The number of benzene rings is 1. The summed E-state index contributed by atoms with van der Waals surface area (Å²) in [5.41, 5.74) is 2.49. The molecule has 21 heavy (non-hydrogen) atoms. The van der Waals surface area contributed by atoms with Crippen molar-refractivity contribution in [3.05, 3.63) is 34.3 Å². The number of unbranched alkanes of at least 4 members (excludes halogenated alkanes) is 6. The van der Waals surface area contributed by atoms with Crippen LogP contribution in [0.1, 0.15) is 82.4 Å². The molecule has 0 aliphatic heterocycles. The molecule has 2 heteroatoms. The lowest BCUT2D eigenvalue weighted by atomic mass is 9.98. The third kappa shape index (κ3) is 7.33. The van der Waals surface area contributed by atoms with E-state index in [0.29, 0.717) is 6.04 Å². The molecule has 1 aromatic carbocycles. The van der Waals surface area contributed by atoms with E-state index in [-0.39, 0.29) is 0 Å². The standard InChI is InChI=1S/C19H32ClN/c1-4-6-7-8-9-10-11-12-19(21-5-2)17-14-13-16(3)15-18(17)20/h13-15,19,21H,4-12H2,1-3H3. The zero-order valence-electron chi connectivity index (χ0n) is 14.1. The molecule has 120 valence electrons. The molecule has 0 bridgehead atoms. The minimum Gasteiger partial charge on any atom is -0.310 e. The minimum atomic E-state index is 0.402. The molecule has 1 atom stereocenters. The van der Waals surface area contributed by atoms with Gasteiger partial charge in [-0.3, -0.25) is 0 Å². The number of rotatable bonds is 11. The van der Waals surface area contributed by atoms with Crippen molar-refractivity contribution in [2.45, 2.75) is 78.2 Å². The summed E-state index contributed by atoms with van der Waals surface area (Å²) in [6.45, 7) is 7.52. The van der Waals surface area contributed by atoms with E-state index < -0.39 is 0 Å². The maximum atomic E-state index is 6.42. The van der Waals surface area contributed by atoms with Crippen molar-refractivity contribution in [2.75, 3.05) is 6.54 Å². The largest absolute Gasteiger partial charge is 0.310 e. The summed E-state index contributed by atoms with van der Waals surface area (Å²) in [5, 5.41) is 4.49. The first-order valence-electron chi connectivity index (χ1n) is 8.68. The van der Waals surface area contributed by atoms with Gasteiger partial charge in [-0.15, -0.1) is 0 Å². The Labute approximate surface area is 136 Å². The van der Waals surface area contributed by atoms with Crippen LogP contribution in [0, 0.1) is 6.92 Å². The van der Waals surface area contributed by atoms with Crippen LogP contribution in [0.4, 0.5) is 0 Å². The van der Waals surface area contributed by atoms with E-state index in [2.05, 4.69) is 44.3 Å². The zero-order valence-corrected chi connectivity index (χ0v) is 14.8. The molecule has 0 saturated carbocycles. The summed E-state index contributed by atoms with van der Waals surface area (Å²) < 4.78 is 0. The number of aryl methyl sites for hydroxylation is 1. The molecule has 1 unspecified atom stereocenters. The van der Waals surface area contributed by atoms with Crippen LogP contribution in [0.3, 0.4) is 0 Å². The van der Waals surface area contributed by atoms with Crippen molar-refractivity contribution in [2.24, 2.45) is 0 Å². The van der Waals surface area contributed by atoms with Gasteiger partial charge in [-0.25, -0.2) is 0 Å². The van der Waals surface area contributed by atoms with Gasteiger partial charge >= 0.3 is 0 Å². The van der Waals surface area contributed by atoms with E-state index in [4.69, 9.17) is 11.6 Å². The van der Waals surface area contributed by atoms with Crippen LogP contribution in [0.5, 0.6) is 0 Å². The molecular formula is C19H32ClN. The Hall–Kier alpha value is -0.530. The molecule has 0 saturated heterocycles. The van der Waals surface area contributed by atoms with Crippen molar-refractivity contribution < 1.29 is 0 Å². The van der Waals surface area contributed by atoms with E-state index in [9.17, 15) is 0 Å². The SMILES string of the molecule is CCCCCCCCCC(NCC)c1ccc(C)cc1Cl. The van der Waals surface area contributed by atoms with Crippen molar-refractivity contribution in [1.29, 1.82) is 0 Å². The third-order valence-corrected chi connectivity index (χ3v) is 4.41. The fourth-order valence-corrected chi connectivity index (χ4v) is 3.20.